The second-order valence-electron chi connectivity index (χ2n) is 5.42. The largest absolute Gasteiger partial charge is 0.353 e. The van der Waals surface area contributed by atoms with Crippen LogP contribution in [0.3, 0.4) is 0 Å². The van der Waals surface area contributed by atoms with E-state index in [1.165, 1.54) is 12.1 Å². The summed E-state index contributed by atoms with van der Waals surface area (Å²) >= 11 is 1.07. The minimum Gasteiger partial charge on any atom is -0.353 e. The molecule has 0 bridgehead atoms. The van der Waals surface area contributed by atoms with Gasteiger partial charge in [0.25, 0.3) is 0 Å². The van der Waals surface area contributed by atoms with Crippen molar-refractivity contribution in [3.63, 3.8) is 0 Å². The van der Waals surface area contributed by atoms with E-state index in [-0.39, 0.29) is 29.3 Å². The highest BCUT2D eigenvalue weighted by Gasteiger charge is 2.23. The third kappa shape index (κ3) is 6.30. The van der Waals surface area contributed by atoms with Gasteiger partial charge in [-0.1, -0.05) is 30.3 Å². The van der Waals surface area contributed by atoms with E-state index in [0.29, 0.717) is 6.54 Å². The fourth-order valence-corrected chi connectivity index (χ4v) is 3.10. The molecule has 2 aromatic rings. The quantitative estimate of drug-likeness (QED) is 0.708. The first-order valence-corrected chi connectivity index (χ1v) is 8.51. The molecule has 0 aromatic heterocycles. The van der Waals surface area contributed by atoms with Gasteiger partial charge in [0.2, 0.25) is 5.91 Å². The van der Waals surface area contributed by atoms with Crippen LogP contribution in [0.5, 0.6) is 0 Å². The Hall–Kier alpha value is -1.63. The Morgan fingerprint density at radius 2 is 1.84 bits per heavy atom. The molecular formula is C18H21ClF2N2OS. The van der Waals surface area contributed by atoms with Crippen molar-refractivity contribution in [1.82, 2.24) is 10.6 Å². The van der Waals surface area contributed by atoms with Crippen molar-refractivity contribution in [3.05, 3.63) is 65.7 Å². The molecule has 7 heteroatoms. The van der Waals surface area contributed by atoms with Crippen LogP contribution >= 0.6 is 24.2 Å². The molecule has 0 spiro atoms. The third-order valence-electron chi connectivity index (χ3n) is 3.55. The number of likely N-dealkylation sites (N-methyl/N-ethyl adjacent to an activating group) is 1. The molecule has 25 heavy (non-hydrogen) atoms. The number of rotatable bonds is 7. The lowest BCUT2D eigenvalue weighted by atomic mass is 10.1. The summed E-state index contributed by atoms with van der Waals surface area (Å²) in [5.41, 5.74) is 0.765. The number of carbonyl (C=O) groups is 1. The van der Waals surface area contributed by atoms with Gasteiger partial charge < -0.3 is 10.6 Å². The van der Waals surface area contributed by atoms with Crippen molar-refractivity contribution < 1.29 is 13.6 Å². The average molecular weight is 387 g/mol. The third-order valence-corrected chi connectivity index (χ3v) is 4.86. The van der Waals surface area contributed by atoms with Crippen LogP contribution in [0.2, 0.25) is 0 Å². The highest BCUT2D eigenvalue weighted by atomic mass is 35.5. The molecule has 136 valence electrons. The lowest BCUT2D eigenvalue weighted by molar-refractivity contribution is -0.120. The van der Waals surface area contributed by atoms with Gasteiger partial charge >= 0.3 is 0 Å². The SMILES string of the molecule is CNC(C)CNC(=O)C(Sc1ccc(F)cc1F)c1ccccc1.Cl. The van der Waals surface area contributed by atoms with Gasteiger partial charge in [-0.2, -0.15) is 0 Å². The zero-order valence-electron chi connectivity index (χ0n) is 14.0. The molecule has 2 N–H and O–H groups in total. The van der Waals surface area contributed by atoms with Crippen molar-refractivity contribution in [2.75, 3.05) is 13.6 Å². The number of hydrogen-bond acceptors (Lipinski definition) is 3. The molecule has 0 aliphatic heterocycles. The summed E-state index contributed by atoms with van der Waals surface area (Å²) in [7, 11) is 1.81. The van der Waals surface area contributed by atoms with Crippen LogP contribution in [0.25, 0.3) is 0 Å². The highest BCUT2D eigenvalue weighted by molar-refractivity contribution is 8.00. The lowest BCUT2D eigenvalue weighted by Gasteiger charge is -2.19. The van der Waals surface area contributed by atoms with Gasteiger partial charge in [0, 0.05) is 23.5 Å². The smallest absolute Gasteiger partial charge is 0.238 e. The second-order valence-corrected chi connectivity index (χ2v) is 6.57. The molecular weight excluding hydrogens is 366 g/mol. The fraction of sp³-hybridized carbons (Fsp3) is 0.278. The standard InChI is InChI=1S/C18H20F2N2OS.ClH/c1-12(21-2)11-22-18(23)17(13-6-4-3-5-7-13)24-16-9-8-14(19)10-15(16)20;/h3-10,12,17,21H,11H2,1-2H3,(H,22,23);1H. The second kappa shape index (κ2) is 10.4. The maximum atomic E-state index is 14.0. The van der Waals surface area contributed by atoms with E-state index in [0.717, 1.165) is 23.4 Å². The van der Waals surface area contributed by atoms with Crippen molar-refractivity contribution in [2.24, 2.45) is 0 Å². The van der Waals surface area contributed by atoms with Gasteiger partial charge in [-0.25, -0.2) is 8.78 Å². The number of nitrogens with one attached hydrogen (secondary N) is 2. The minimum atomic E-state index is -0.669. The number of amides is 1. The van der Waals surface area contributed by atoms with E-state index in [4.69, 9.17) is 0 Å². The topological polar surface area (TPSA) is 41.1 Å². The normalized spacial score (nSPS) is 12.8. The number of benzene rings is 2. The Balaban J connectivity index is 0.00000312. The summed E-state index contributed by atoms with van der Waals surface area (Å²) in [4.78, 5) is 12.8. The zero-order chi connectivity index (χ0) is 17.5. The molecule has 0 saturated carbocycles. The lowest BCUT2D eigenvalue weighted by Crippen LogP contribution is -2.38. The maximum Gasteiger partial charge on any atom is 0.238 e. The van der Waals surface area contributed by atoms with E-state index in [1.54, 1.807) is 0 Å². The van der Waals surface area contributed by atoms with Crippen molar-refractivity contribution >= 4 is 30.1 Å². The van der Waals surface area contributed by atoms with Gasteiger partial charge in [-0.15, -0.1) is 24.2 Å². The van der Waals surface area contributed by atoms with Crippen molar-refractivity contribution in [1.29, 1.82) is 0 Å². The van der Waals surface area contributed by atoms with E-state index in [2.05, 4.69) is 10.6 Å². The summed E-state index contributed by atoms with van der Waals surface area (Å²) in [6, 6.07) is 12.6. The first-order chi connectivity index (χ1) is 11.5. The average Bonchev–Trinajstić information content (AvgIpc) is 2.59. The predicted molar refractivity (Wildman–Crippen MR) is 100 cm³/mol. The number of thioether (sulfide) groups is 1. The molecule has 0 fully saturated rings. The Morgan fingerprint density at radius 1 is 1.16 bits per heavy atom. The molecule has 2 rings (SSSR count). The molecule has 0 aliphatic rings. The molecule has 0 radical (unpaired) electrons. The van der Waals surface area contributed by atoms with E-state index in [1.807, 2.05) is 44.3 Å². The zero-order valence-corrected chi connectivity index (χ0v) is 15.6. The number of carbonyl (C=O) groups excluding carboxylic acids is 1. The van der Waals surface area contributed by atoms with Crippen LogP contribution in [0.15, 0.2) is 53.4 Å². The molecule has 2 aromatic carbocycles. The molecule has 1 amide bonds. The van der Waals surface area contributed by atoms with E-state index in [9.17, 15) is 13.6 Å². The van der Waals surface area contributed by atoms with Crippen LogP contribution in [-0.4, -0.2) is 25.5 Å². The molecule has 3 nitrogen and oxygen atoms in total. The first-order valence-electron chi connectivity index (χ1n) is 7.63. The molecule has 2 atom stereocenters. The van der Waals surface area contributed by atoms with Crippen molar-refractivity contribution in [3.8, 4) is 0 Å². The predicted octanol–water partition coefficient (Wildman–Crippen LogP) is 3.94. The fourth-order valence-electron chi connectivity index (χ4n) is 2.05. The Labute approximate surface area is 157 Å². The minimum absolute atomic E-state index is 0. The molecule has 0 aliphatic carbocycles. The Bertz CT molecular complexity index is 688. The van der Waals surface area contributed by atoms with Crippen LogP contribution < -0.4 is 10.6 Å². The summed E-state index contributed by atoms with van der Waals surface area (Å²) < 4.78 is 27.0. The summed E-state index contributed by atoms with van der Waals surface area (Å²) in [6.45, 7) is 2.41. The van der Waals surface area contributed by atoms with Gasteiger partial charge in [0.15, 0.2) is 0 Å². The molecule has 0 heterocycles. The summed E-state index contributed by atoms with van der Waals surface area (Å²) in [5.74, 6) is -1.52. The van der Waals surface area contributed by atoms with Crippen LogP contribution in [0, 0.1) is 11.6 Å². The van der Waals surface area contributed by atoms with Crippen molar-refractivity contribution in [2.45, 2.75) is 23.1 Å². The highest BCUT2D eigenvalue weighted by Crippen LogP contribution is 2.36. The van der Waals surface area contributed by atoms with Gasteiger partial charge in [0.1, 0.15) is 16.9 Å². The van der Waals surface area contributed by atoms with Crippen LogP contribution in [-0.2, 0) is 4.79 Å². The Morgan fingerprint density at radius 3 is 2.44 bits per heavy atom. The Kier molecular flexibility index (Phi) is 8.89. The van der Waals surface area contributed by atoms with E-state index >= 15 is 0 Å². The number of halogens is 3. The van der Waals surface area contributed by atoms with Gasteiger partial charge in [0.05, 0.1) is 0 Å². The maximum absolute atomic E-state index is 14.0. The van der Waals surface area contributed by atoms with Gasteiger partial charge in [-0.3, -0.25) is 4.79 Å². The van der Waals surface area contributed by atoms with E-state index < -0.39 is 16.9 Å². The summed E-state index contributed by atoms with van der Waals surface area (Å²) in [6.07, 6.45) is 0. The van der Waals surface area contributed by atoms with Crippen LogP contribution in [0.4, 0.5) is 8.78 Å². The van der Waals surface area contributed by atoms with Crippen LogP contribution in [0.1, 0.15) is 17.7 Å². The van der Waals surface area contributed by atoms with Gasteiger partial charge in [-0.05, 0) is 31.7 Å². The monoisotopic (exact) mass is 386 g/mol. The number of hydrogen-bond donors (Lipinski definition) is 2. The molecule has 0 saturated heterocycles. The molecule has 2 unspecified atom stereocenters. The first kappa shape index (κ1) is 21.4. The summed E-state index contributed by atoms with van der Waals surface area (Å²) in [5, 5.41) is 5.29.